The summed E-state index contributed by atoms with van der Waals surface area (Å²) < 4.78 is 7.53. The number of carbonyl (C=O) groups excluding carboxylic acids is 1. The molecule has 0 unspecified atom stereocenters. The standard InChI is InChI=1S/C18H24N4O2/c1-12-6-4-7-14(10-12)17(23)20-16-13(2)21-22(3)18(16)24-15-8-5-9-19-11-15/h5,8-9,11-12,14H,4,6-7,10H2,1-3H3,(H,20,23)/t12-,14-/m0/s1. The lowest BCUT2D eigenvalue weighted by atomic mass is 9.82. The number of hydrogen-bond donors (Lipinski definition) is 1. The van der Waals surface area contributed by atoms with Gasteiger partial charge < -0.3 is 10.1 Å². The van der Waals surface area contributed by atoms with E-state index >= 15 is 0 Å². The van der Waals surface area contributed by atoms with Crippen LogP contribution in [0.2, 0.25) is 0 Å². The van der Waals surface area contributed by atoms with Crippen molar-refractivity contribution in [2.75, 3.05) is 5.32 Å². The highest BCUT2D eigenvalue weighted by molar-refractivity contribution is 5.94. The van der Waals surface area contributed by atoms with Crippen LogP contribution >= 0.6 is 0 Å². The van der Waals surface area contributed by atoms with Crippen LogP contribution in [-0.2, 0) is 11.8 Å². The number of nitrogens with zero attached hydrogens (tertiary/aromatic N) is 3. The molecule has 2 aromatic rings. The normalized spacial score (nSPS) is 20.6. The van der Waals surface area contributed by atoms with Gasteiger partial charge in [-0.25, -0.2) is 4.68 Å². The second-order valence-corrected chi connectivity index (χ2v) is 6.64. The van der Waals surface area contributed by atoms with Crippen molar-refractivity contribution in [1.82, 2.24) is 14.8 Å². The van der Waals surface area contributed by atoms with Crippen molar-refractivity contribution >= 4 is 11.6 Å². The second kappa shape index (κ2) is 7.03. The minimum atomic E-state index is 0.0636. The first-order valence-corrected chi connectivity index (χ1v) is 8.47. The number of nitrogens with one attached hydrogen (secondary N) is 1. The third-order valence-corrected chi connectivity index (χ3v) is 4.57. The number of pyridine rings is 1. The molecule has 0 radical (unpaired) electrons. The van der Waals surface area contributed by atoms with Gasteiger partial charge in [0.1, 0.15) is 11.4 Å². The van der Waals surface area contributed by atoms with Gasteiger partial charge in [-0.1, -0.05) is 19.8 Å². The Balaban J connectivity index is 1.79. The summed E-state index contributed by atoms with van der Waals surface area (Å²) in [5.74, 6) is 1.88. The van der Waals surface area contributed by atoms with Gasteiger partial charge in [-0.05, 0) is 37.8 Å². The van der Waals surface area contributed by atoms with Crippen molar-refractivity contribution in [2.45, 2.75) is 39.5 Å². The maximum absolute atomic E-state index is 12.7. The zero-order valence-corrected chi connectivity index (χ0v) is 14.5. The van der Waals surface area contributed by atoms with Crippen LogP contribution < -0.4 is 10.1 Å². The molecule has 2 atom stereocenters. The van der Waals surface area contributed by atoms with Gasteiger partial charge in [-0.2, -0.15) is 5.10 Å². The largest absolute Gasteiger partial charge is 0.436 e. The highest BCUT2D eigenvalue weighted by Crippen LogP contribution is 2.34. The van der Waals surface area contributed by atoms with Gasteiger partial charge in [-0.3, -0.25) is 9.78 Å². The third kappa shape index (κ3) is 3.58. The lowest BCUT2D eigenvalue weighted by Crippen LogP contribution is -2.27. The summed E-state index contributed by atoms with van der Waals surface area (Å²) in [4.78, 5) is 16.7. The van der Waals surface area contributed by atoms with Crippen LogP contribution in [-0.4, -0.2) is 20.7 Å². The van der Waals surface area contributed by atoms with Crippen molar-refractivity contribution in [2.24, 2.45) is 18.9 Å². The fourth-order valence-corrected chi connectivity index (χ4v) is 3.31. The van der Waals surface area contributed by atoms with E-state index in [9.17, 15) is 4.79 Å². The van der Waals surface area contributed by atoms with E-state index in [-0.39, 0.29) is 11.8 Å². The van der Waals surface area contributed by atoms with E-state index < -0.39 is 0 Å². The Hall–Kier alpha value is -2.37. The molecule has 3 rings (SSSR count). The average Bonchev–Trinajstić information content (AvgIpc) is 2.83. The van der Waals surface area contributed by atoms with Crippen molar-refractivity contribution in [3.63, 3.8) is 0 Å². The molecule has 0 spiro atoms. The Kier molecular flexibility index (Phi) is 4.83. The van der Waals surface area contributed by atoms with Crippen LogP contribution in [0.25, 0.3) is 0 Å². The zero-order chi connectivity index (χ0) is 17.1. The summed E-state index contributed by atoms with van der Waals surface area (Å²) in [5, 5.41) is 7.42. The first kappa shape index (κ1) is 16.5. The van der Waals surface area contributed by atoms with E-state index in [2.05, 4.69) is 22.3 Å². The van der Waals surface area contributed by atoms with Crippen LogP contribution in [0.1, 0.15) is 38.3 Å². The van der Waals surface area contributed by atoms with E-state index in [0.717, 1.165) is 25.0 Å². The summed E-state index contributed by atoms with van der Waals surface area (Å²) in [6.45, 7) is 4.08. The first-order valence-electron chi connectivity index (χ1n) is 8.47. The maximum Gasteiger partial charge on any atom is 0.241 e. The molecule has 2 aromatic heterocycles. The van der Waals surface area contributed by atoms with Gasteiger partial charge in [0, 0.05) is 19.2 Å². The van der Waals surface area contributed by atoms with Gasteiger partial charge in [0.05, 0.1) is 11.9 Å². The smallest absolute Gasteiger partial charge is 0.241 e. The zero-order valence-electron chi connectivity index (χ0n) is 14.5. The fraction of sp³-hybridized carbons (Fsp3) is 0.500. The molecule has 2 heterocycles. The minimum absolute atomic E-state index is 0.0636. The molecule has 0 saturated heterocycles. The van der Waals surface area contributed by atoms with E-state index in [1.807, 2.05) is 13.0 Å². The lowest BCUT2D eigenvalue weighted by molar-refractivity contribution is -0.121. The molecule has 1 fully saturated rings. The number of rotatable bonds is 4. The van der Waals surface area contributed by atoms with Crippen molar-refractivity contribution in [1.29, 1.82) is 0 Å². The molecule has 1 aliphatic carbocycles. The summed E-state index contributed by atoms with van der Waals surface area (Å²) in [7, 11) is 1.80. The molecule has 0 aliphatic heterocycles. The molecule has 6 heteroatoms. The van der Waals surface area contributed by atoms with Gasteiger partial charge in [0.15, 0.2) is 0 Å². The second-order valence-electron chi connectivity index (χ2n) is 6.64. The van der Waals surface area contributed by atoms with E-state index in [0.29, 0.717) is 23.2 Å². The molecule has 128 valence electrons. The molecule has 6 nitrogen and oxygen atoms in total. The minimum Gasteiger partial charge on any atom is -0.436 e. The Morgan fingerprint density at radius 1 is 1.42 bits per heavy atom. The van der Waals surface area contributed by atoms with Crippen LogP contribution in [0, 0.1) is 18.8 Å². The molecule has 1 aliphatic rings. The number of aromatic nitrogens is 3. The van der Waals surface area contributed by atoms with Crippen molar-refractivity contribution in [3.8, 4) is 11.6 Å². The summed E-state index contributed by atoms with van der Waals surface area (Å²) in [6.07, 6.45) is 7.55. The molecule has 1 amide bonds. The van der Waals surface area contributed by atoms with E-state index in [1.54, 1.807) is 30.2 Å². The highest BCUT2D eigenvalue weighted by Gasteiger charge is 2.27. The first-order chi connectivity index (χ1) is 11.5. The van der Waals surface area contributed by atoms with Crippen LogP contribution in [0.4, 0.5) is 5.69 Å². The van der Waals surface area contributed by atoms with Gasteiger partial charge >= 0.3 is 0 Å². The predicted molar refractivity (Wildman–Crippen MR) is 92.0 cm³/mol. The number of aryl methyl sites for hydroxylation is 2. The molecular formula is C18H24N4O2. The van der Waals surface area contributed by atoms with Gasteiger partial charge in [0.25, 0.3) is 0 Å². The van der Waals surface area contributed by atoms with Crippen LogP contribution in [0.3, 0.4) is 0 Å². The highest BCUT2D eigenvalue weighted by atomic mass is 16.5. The van der Waals surface area contributed by atoms with Gasteiger partial charge in [-0.15, -0.1) is 0 Å². The lowest BCUT2D eigenvalue weighted by Gasteiger charge is -2.25. The predicted octanol–water partition coefficient (Wildman–Crippen LogP) is 3.68. The maximum atomic E-state index is 12.7. The molecular weight excluding hydrogens is 304 g/mol. The monoisotopic (exact) mass is 328 g/mol. The summed E-state index contributed by atoms with van der Waals surface area (Å²) in [6, 6.07) is 3.63. The Bertz CT molecular complexity index is 711. The summed E-state index contributed by atoms with van der Waals surface area (Å²) >= 11 is 0. The van der Waals surface area contributed by atoms with E-state index in [4.69, 9.17) is 4.74 Å². The number of ether oxygens (including phenoxy) is 1. The molecule has 24 heavy (non-hydrogen) atoms. The Morgan fingerprint density at radius 3 is 2.96 bits per heavy atom. The van der Waals surface area contributed by atoms with Crippen LogP contribution in [0.5, 0.6) is 11.6 Å². The summed E-state index contributed by atoms with van der Waals surface area (Å²) in [5.41, 5.74) is 1.39. The molecule has 1 N–H and O–H groups in total. The molecule has 0 aromatic carbocycles. The van der Waals surface area contributed by atoms with E-state index in [1.165, 1.54) is 6.42 Å². The fourth-order valence-electron chi connectivity index (χ4n) is 3.31. The van der Waals surface area contributed by atoms with Gasteiger partial charge in [0.2, 0.25) is 11.8 Å². The topological polar surface area (TPSA) is 69.0 Å². The van der Waals surface area contributed by atoms with Crippen molar-refractivity contribution < 1.29 is 9.53 Å². The van der Waals surface area contributed by atoms with Crippen molar-refractivity contribution in [3.05, 3.63) is 30.2 Å². The average molecular weight is 328 g/mol. The molecule has 1 saturated carbocycles. The number of carbonyl (C=O) groups is 1. The SMILES string of the molecule is Cc1nn(C)c(Oc2cccnc2)c1NC(=O)[C@H]1CCC[C@H](C)C1. The third-order valence-electron chi connectivity index (χ3n) is 4.57. The number of anilines is 1. The van der Waals surface area contributed by atoms with Crippen LogP contribution in [0.15, 0.2) is 24.5 Å². The Morgan fingerprint density at radius 2 is 2.25 bits per heavy atom. The Labute approximate surface area is 142 Å². The molecule has 0 bridgehead atoms. The quantitative estimate of drug-likeness (QED) is 0.929. The number of hydrogen-bond acceptors (Lipinski definition) is 4. The number of amides is 1.